The average Bonchev–Trinajstić information content (AvgIpc) is 2.84. The minimum atomic E-state index is 0.533. The van der Waals surface area contributed by atoms with Gasteiger partial charge in [-0.15, -0.1) is 0 Å². The molecule has 1 saturated heterocycles. The van der Waals surface area contributed by atoms with Crippen LogP contribution < -0.4 is 4.90 Å². The molecule has 5 heteroatoms. The largest absolute Gasteiger partial charge is 0.341 e. The molecule has 0 amide bonds. The van der Waals surface area contributed by atoms with E-state index in [4.69, 9.17) is 23.2 Å². The quantitative estimate of drug-likeness (QED) is 0.311. The maximum absolute atomic E-state index is 6.21. The van der Waals surface area contributed by atoms with Crippen molar-refractivity contribution >= 4 is 34.6 Å². The van der Waals surface area contributed by atoms with Crippen LogP contribution in [0.4, 0.5) is 11.4 Å². The summed E-state index contributed by atoms with van der Waals surface area (Å²) in [6.07, 6.45) is 2.13. The number of anilines is 2. The van der Waals surface area contributed by atoms with Gasteiger partial charge in [-0.2, -0.15) is 0 Å². The highest BCUT2D eigenvalue weighted by molar-refractivity contribution is 6.42. The topological polar surface area (TPSA) is 9.72 Å². The third-order valence-electron chi connectivity index (χ3n) is 6.81. The Balaban J connectivity index is 1.30. The maximum atomic E-state index is 6.21. The van der Waals surface area contributed by atoms with Gasteiger partial charge in [-0.1, -0.05) is 65.7 Å². The molecule has 3 aromatic rings. The first-order valence-electron chi connectivity index (χ1n) is 12.3. The molecule has 4 rings (SSSR count). The Morgan fingerprint density at radius 2 is 1.35 bits per heavy atom. The molecule has 2 atom stereocenters. The fraction of sp³-hybridized carbons (Fsp3) is 0.379. The Kier molecular flexibility index (Phi) is 8.91. The minimum Gasteiger partial charge on any atom is -0.341 e. The molecule has 1 fully saturated rings. The monoisotopic (exact) mass is 495 g/mol. The van der Waals surface area contributed by atoms with Crippen LogP contribution in [0.2, 0.25) is 10.0 Å². The van der Waals surface area contributed by atoms with Gasteiger partial charge in [-0.25, -0.2) is 0 Å². The molecule has 0 unspecified atom stereocenters. The zero-order valence-corrected chi connectivity index (χ0v) is 21.7. The molecule has 0 aromatic heterocycles. The van der Waals surface area contributed by atoms with Gasteiger partial charge in [-0.3, -0.25) is 4.90 Å². The van der Waals surface area contributed by atoms with Crippen LogP contribution in [-0.4, -0.2) is 54.6 Å². The fourth-order valence-corrected chi connectivity index (χ4v) is 5.44. The molecular weight excluding hydrogens is 461 g/mol. The van der Waals surface area contributed by atoms with E-state index in [1.165, 1.54) is 16.9 Å². The zero-order chi connectivity index (χ0) is 23.9. The number of hydrogen-bond donors (Lipinski definition) is 0. The second-order valence-electron chi connectivity index (χ2n) is 9.37. The lowest BCUT2D eigenvalue weighted by Crippen LogP contribution is -2.57. The van der Waals surface area contributed by atoms with Crippen LogP contribution in [0.5, 0.6) is 0 Å². The summed E-state index contributed by atoms with van der Waals surface area (Å²) < 4.78 is 0. The molecule has 0 aliphatic carbocycles. The van der Waals surface area contributed by atoms with E-state index in [-0.39, 0.29) is 0 Å². The van der Waals surface area contributed by atoms with Crippen LogP contribution in [0.15, 0.2) is 78.9 Å². The van der Waals surface area contributed by atoms with Crippen molar-refractivity contribution in [2.45, 2.75) is 38.8 Å². The van der Waals surface area contributed by atoms with Crippen molar-refractivity contribution in [1.29, 1.82) is 0 Å². The minimum absolute atomic E-state index is 0.533. The number of piperazine rings is 1. The molecule has 3 nitrogen and oxygen atoms in total. The SMILES string of the molecule is C[C@@H]1CN(CCCN(c2ccccc2)c2ccccc2)C[C@@H](C)N1CCc1ccc(Cl)c(Cl)c1. The van der Waals surface area contributed by atoms with Crippen molar-refractivity contribution in [2.75, 3.05) is 37.6 Å². The van der Waals surface area contributed by atoms with E-state index in [1.807, 2.05) is 12.1 Å². The summed E-state index contributed by atoms with van der Waals surface area (Å²) in [5.41, 5.74) is 3.75. The van der Waals surface area contributed by atoms with E-state index in [2.05, 4.69) is 95.3 Å². The van der Waals surface area contributed by atoms with Gasteiger partial charge in [-0.05, 0) is 75.2 Å². The van der Waals surface area contributed by atoms with Gasteiger partial charge < -0.3 is 9.80 Å². The van der Waals surface area contributed by atoms with Gasteiger partial charge in [0, 0.05) is 49.6 Å². The summed E-state index contributed by atoms with van der Waals surface area (Å²) in [4.78, 5) is 7.71. The molecular formula is C29H35Cl2N3. The first kappa shape index (κ1) is 25.1. The summed E-state index contributed by atoms with van der Waals surface area (Å²) in [5.74, 6) is 0. The highest BCUT2D eigenvalue weighted by Crippen LogP contribution is 2.26. The smallest absolute Gasteiger partial charge is 0.0595 e. The third kappa shape index (κ3) is 6.55. The van der Waals surface area contributed by atoms with Crippen LogP contribution in [0.25, 0.3) is 0 Å². The molecule has 0 spiro atoms. The number of hydrogen-bond acceptors (Lipinski definition) is 3. The van der Waals surface area contributed by atoms with Crippen LogP contribution in [-0.2, 0) is 6.42 Å². The average molecular weight is 497 g/mol. The Labute approximate surface area is 214 Å². The number of benzene rings is 3. The first-order chi connectivity index (χ1) is 16.5. The Morgan fingerprint density at radius 1 is 0.765 bits per heavy atom. The molecule has 0 radical (unpaired) electrons. The van der Waals surface area contributed by atoms with Crippen molar-refractivity contribution in [1.82, 2.24) is 9.80 Å². The summed E-state index contributed by atoms with van der Waals surface area (Å²) in [6.45, 7) is 10.1. The van der Waals surface area contributed by atoms with Crippen molar-refractivity contribution in [3.05, 3.63) is 94.5 Å². The molecule has 180 valence electrons. The number of para-hydroxylation sites is 2. The fourth-order valence-electron chi connectivity index (χ4n) is 5.12. The van der Waals surface area contributed by atoms with Gasteiger partial charge in [0.15, 0.2) is 0 Å². The van der Waals surface area contributed by atoms with Gasteiger partial charge in [0.2, 0.25) is 0 Å². The number of rotatable bonds is 9. The Hall–Kier alpha value is -2.04. The summed E-state index contributed by atoms with van der Waals surface area (Å²) in [5, 5.41) is 1.27. The molecule has 0 bridgehead atoms. The predicted octanol–water partition coefficient (Wildman–Crippen LogP) is 7.16. The standard InChI is InChI=1S/C29H35Cl2N3/c1-23-21-32(22-24(2)33(23)19-16-25-14-15-28(30)29(31)20-25)17-9-18-34(26-10-5-3-6-11-26)27-12-7-4-8-13-27/h3-8,10-15,20,23-24H,9,16-19,21-22H2,1-2H3/t23-,24-/m1/s1. The molecule has 3 aromatic carbocycles. The van der Waals surface area contributed by atoms with Crippen molar-refractivity contribution in [2.24, 2.45) is 0 Å². The van der Waals surface area contributed by atoms with E-state index < -0.39 is 0 Å². The first-order valence-corrected chi connectivity index (χ1v) is 13.1. The van der Waals surface area contributed by atoms with Gasteiger partial charge in [0.25, 0.3) is 0 Å². The Bertz CT molecular complexity index is 977. The Morgan fingerprint density at radius 3 is 1.91 bits per heavy atom. The lowest BCUT2D eigenvalue weighted by molar-refractivity contribution is 0.0397. The van der Waals surface area contributed by atoms with Gasteiger partial charge in [0.05, 0.1) is 10.0 Å². The van der Waals surface area contributed by atoms with E-state index in [9.17, 15) is 0 Å². The number of nitrogens with zero attached hydrogens (tertiary/aromatic N) is 3. The lowest BCUT2D eigenvalue weighted by Gasteiger charge is -2.44. The van der Waals surface area contributed by atoms with E-state index in [1.54, 1.807) is 0 Å². The van der Waals surface area contributed by atoms with Gasteiger partial charge in [0.1, 0.15) is 0 Å². The molecule has 1 aliphatic heterocycles. The molecule has 1 heterocycles. The second kappa shape index (κ2) is 12.1. The van der Waals surface area contributed by atoms with Crippen molar-refractivity contribution in [3.8, 4) is 0 Å². The second-order valence-corrected chi connectivity index (χ2v) is 10.2. The maximum Gasteiger partial charge on any atom is 0.0595 e. The highest BCUT2D eigenvalue weighted by Gasteiger charge is 2.28. The zero-order valence-electron chi connectivity index (χ0n) is 20.2. The molecule has 0 saturated carbocycles. The summed E-state index contributed by atoms with van der Waals surface area (Å²) >= 11 is 12.3. The van der Waals surface area contributed by atoms with Gasteiger partial charge >= 0.3 is 0 Å². The van der Waals surface area contributed by atoms with Crippen molar-refractivity contribution in [3.63, 3.8) is 0 Å². The molecule has 1 aliphatic rings. The predicted molar refractivity (Wildman–Crippen MR) is 147 cm³/mol. The van der Waals surface area contributed by atoms with Crippen LogP contribution in [0.3, 0.4) is 0 Å². The molecule has 0 N–H and O–H groups in total. The third-order valence-corrected chi connectivity index (χ3v) is 7.55. The lowest BCUT2D eigenvalue weighted by atomic mass is 10.1. The van der Waals surface area contributed by atoms with E-state index >= 15 is 0 Å². The van der Waals surface area contributed by atoms with Crippen LogP contribution in [0, 0.1) is 0 Å². The van der Waals surface area contributed by atoms with Crippen molar-refractivity contribution < 1.29 is 0 Å². The summed E-state index contributed by atoms with van der Waals surface area (Å²) in [6, 6.07) is 28.5. The number of halogens is 2. The summed E-state index contributed by atoms with van der Waals surface area (Å²) in [7, 11) is 0. The van der Waals surface area contributed by atoms with E-state index in [0.717, 1.165) is 45.6 Å². The molecule has 34 heavy (non-hydrogen) atoms. The van der Waals surface area contributed by atoms with Crippen LogP contribution in [0.1, 0.15) is 25.8 Å². The normalized spacial score (nSPS) is 19.3. The van der Waals surface area contributed by atoms with E-state index in [0.29, 0.717) is 22.1 Å². The highest BCUT2D eigenvalue weighted by atomic mass is 35.5. The van der Waals surface area contributed by atoms with Crippen LogP contribution >= 0.6 is 23.2 Å².